The molecule has 3 aromatic rings. The molecule has 0 aliphatic heterocycles. The lowest BCUT2D eigenvalue weighted by Gasteiger charge is -2.10. The van der Waals surface area contributed by atoms with Crippen molar-refractivity contribution in [1.82, 2.24) is 5.32 Å². The molecule has 0 bridgehead atoms. The van der Waals surface area contributed by atoms with E-state index in [-0.39, 0.29) is 10.6 Å². The second-order valence-electron chi connectivity index (χ2n) is 5.40. The van der Waals surface area contributed by atoms with E-state index in [9.17, 15) is 9.59 Å². The SMILES string of the molecule is O=C(NC(=O)c1ccccc1Cl)Nc1ccc(OCc2cccs2)c(Cl)c1. The zero-order valence-corrected chi connectivity index (χ0v) is 16.2. The van der Waals surface area contributed by atoms with Gasteiger partial charge in [0.25, 0.3) is 5.91 Å². The lowest BCUT2D eigenvalue weighted by atomic mass is 10.2. The van der Waals surface area contributed by atoms with Gasteiger partial charge in [-0.3, -0.25) is 10.1 Å². The summed E-state index contributed by atoms with van der Waals surface area (Å²) in [4.78, 5) is 25.2. The van der Waals surface area contributed by atoms with Crippen LogP contribution in [-0.2, 0) is 6.61 Å². The maximum Gasteiger partial charge on any atom is 0.326 e. The number of amides is 3. The number of halogens is 2. The second-order valence-corrected chi connectivity index (χ2v) is 7.25. The molecule has 0 saturated carbocycles. The average molecular weight is 421 g/mol. The minimum atomic E-state index is -0.691. The molecule has 0 fully saturated rings. The molecular weight excluding hydrogens is 407 g/mol. The van der Waals surface area contributed by atoms with Crippen molar-refractivity contribution >= 4 is 52.2 Å². The van der Waals surface area contributed by atoms with Crippen molar-refractivity contribution in [2.45, 2.75) is 6.61 Å². The molecule has 0 aliphatic rings. The van der Waals surface area contributed by atoms with Gasteiger partial charge in [-0.25, -0.2) is 4.79 Å². The number of anilines is 1. The number of carbonyl (C=O) groups is 2. The molecule has 3 rings (SSSR count). The van der Waals surface area contributed by atoms with Crippen LogP contribution in [0, 0.1) is 0 Å². The zero-order chi connectivity index (χ0) is 19.2. The Morgan fingerprint density at radius 1 is 1.00 bits per heavy atom. The van der Waals surface area contributed by atoms with E-state index in [0.29, 0.717) is 23.1 Å². The van der Waals surface area contributed by atoms with Gasteiger partial charge in [0.15, 0.2) is 0 Å². The van der Waals surface area contributed by atoms with Crippen LogP contribution in [0.25, 0.3) is 0 Å². The van der Waals surface area contributed by atoms with Gasteiger partial charge in [0.05, 0.1) is 15.6 Å². The molecule has 3 amide bonds. The molecule has 0 atom stereocenters. The maximum absolute atomic E-state index is 12.1. The highest BCUT2D eigenvalue weighted by molar-refractivity contribution is 7.09. The maximum atomic E-state index is 12.1. The third-order valence-electron chi connectivity index (χ3n) is 3.49. The average Bonchev–Trinajstić information content (AvgIpc) is 3.14. The molecule has 8 heteroatoms. The summed E-state index contributed by atoms with van der Waals surface area (Å²) in [6.45, 7) is 0.414. The highest BCUT2D eigenvalue weighted by atomic mass is 35.5. The zero-order valence-electron chi connectivity index (χ0n) is 13.9. The van der Waals surface area contributed by atoms with Crippen LogP contribution in [0.5, 0.6) is 5.75 Å². The summed E-state index contributed by atoms with van der Waals surface area (Å²) in [5.41, 5.74) is 0.637. The number of hydrogen-bond donors (Lipinski definition) is 2. The molecule has 5 nitrogen and oxygen atoms in total. The van der Waals surface area contributed by atoms with Crippen LogP contribution in [0.4, 0.5) is 10.5 Å². The van der Waals surface area contributed by atoms with Crippen molar-refractivity contribution in [3.05, 3.63) is 80.5 Å². The molecule has 138 valence electrons. The molecule has 1 aromatic heterocycles. The van der Waals surface area contributed by atoms with Crippen molar-refractivity contribution in [3.63, 3.8) is 0 Å². The molecule has 1 heterocycles. The lowest BCUT2D eigenvalue weighted by molar-refractivity contribution is 0.0967. The van der Waals surface area contributed by atoms with Crippen LogP contribution in [0.1, 0.15) is 15.2 Å². The van der Waals surface area contributed by atoms with Gasteiger partial charge < -0.3 is 10.1 Å². The Morgan fingerprint density at radius 2 is 1.81 bits per heavy atom. The number of thiophene rings is 1. The van der Waals surface area contributed by atoms with E-state index < -0.39 is 11.9 Å². The van der Waals surface area contributed by atoms with Crippen LogP contribution >= 0.6 is 34.5 Å². The third kappa shape index (κ3) is 5.23. The summed E-state index contributed by atoms with van der Waals surface area (Å²) in [6, 6.07) is 14.5. The minimum absolute atomic E-state index is 0.213. The first-order valence-corrected chi connectivity index (χ1v) is 9.48. The van der Waals surface area contributed by atoms with Crippen LogP contribution in [0.3, 0.4) is 0 Å². The highest BCUT2D eigenvalue weighted by Gasteiger charge is 2.14. The Kier molecular flexibility index (Phi) is 6.34. The summed E-state index contributed by atoms with van der Waals surface area (Å²) in [5, 5.41) is 7.34. The molecule has 0 radical (unpaired) electrons. The van der Waals surface area contributed by atoms with Crippen molar-refractivity contribution < 1.29 is 14.3 Å². The van der Waals surface area contributed by atoms with E-state index in [1.54, 1.807) is 47.7 Å². The fourth-order valence-electron chi connectivity index (χ4n) is 2.22. The van der Waals surface area contributed by atoms with Crippen LogP contribution in [0.2, 0.25) is 10.0 Å². The molecule has 27 heavy (non-hydrogen) atoms. The monoisotopic (exact) mass is 420 g/mol. The smallest absolute Gasteiger partial charge is 0.326 e. The molecule has 0 unspecified atom stereocenters. The van der Waals surface area contributed by atoms with Crippen molar-refractivity contribution in [2.75, 3.05) is 5.32 Å². The van der Waals surface area contributed by atoms with Gasteiger partial charge in [-0.1, -0.05) is 41.4 Å². The Balaban J connectivity index is 1.58. The molecule has 2 aromatic carbocycles. The highest BCUT2D eigenvalue weighted by Crippen LogP contribution is 2.28. The third-order valence-corrected chi connectivity index (χ3v) is 4.96. The number of hydrogen-bond acceptors (Lipinski definition) is 4. The van der Waals surface area contributed by atoms with Crippen LogP contribution in [0.15, 0.2) is 60.0 Å². The summed E-state index contributed by atoms with van der Waals surface area (Å²) in [5.74, 6) is -0.0942. The van der Waals surface area contributed by atoms with Gasteiger partial charge in [0.2, 0.25) is 0 Å². The number of benzene rings is 2. The van der Waals surface area contributed by atoms with E-state index in [0.717, 1.165) is 4.88 Å². The Bertz CT molecular complexity index is 961. The summed E-state index contributed by atoms with van der Waals surface area (Å²) < 4.78 is 5.66. The number of carbonyl (C=O) groups excluding carboxylic acids is 2. The van der Waals surface area contributed by atoms with E-state index in [4.69, 9.17) is 27.9 Å². The standard InChI is InChI=1S/C19H14Cl2N2O3S/c20-15-6-2-1-5-14(15)18(24)23-19(25)22-12-7-8-17(16(21)10-12)26-11-13-4-3-9-27-13/h1-10H,11H2,(H2,22,23,24,25). The summed E-state index contributed by atoms with van der Waals surface area (Å²) >= 11 is 13.7. The Hall–Kier alpha value is -2.54. The summed E-state index contributed by atoms with van der Waals surface area (Å²) in [6.07, 6.45) is 0. The van der Waals surface area contributed by atoms with Crippen LogP contribution < -0.4 is 15.4 Å². The van der Waals surface area contributed by atoms with Crippen molar-refractivity contribution in [3.8, 4) is 5.75 Å². The fourth-order valence-corrected chi connectivity index (χ4v) is 3.29. The van der Waals surface area contributed by atoms with E-state index in [1.165, 1.54) is 6.07 Å². The molecule has 0 saturated heterocycles. The normalized spacial score (nSPS) is 10.3. The predicted octanol–water partition coefficient (Wildman–Crippen LogP) is 5.60. The van der Waals surface area contributed by atoms with Gasteiger partial charge in [0, 0.05) is 10.6 Å². The minimum Gasteiger partial charge on any atom is -0.487 e. The Labute approximate surface area is 169 Å². The van der Waals surface area contributed by atoms with Crippen molar-refractivity contribution in [1.29, 1.82) is 0 Å². The van der Waals surface area contributed by atoms with Gasteiger partial charge >= 0.3 is 6.03 Å². The summed E-state index contributed by atoms with van der Waals surface area (Å²) in [7, 11) is 0. The van der Waals surface area contributed by atoms with E-state index >= 15 is 0 Å². The number of rotatable bonds is 5. The first-order valence-electron chi connectivity index (χ1n) is 7.84. The first-order chi connectivity index (χ1) is 13.0. The number of nitrogens with one attached hydrogen (secondary N) is 2. The van der Waals surface area contributed by atoms with E-state index in [2.05, 4.69) is 10.6 Å². The van der Waals surface area contributed by atoms with Gasteiger partial charge in [-0.05, 0) is 41.8 Å². The fraction of sp³-hybridized carbons (Fsp3) is 0.0526. The van der Waals surface area contributed by atoms with Crippen LogP contribution in [-0.4, -0.2) is 11.9 Å². The number of imide groups is 1. The predicted molar refractivity (Wildman–Crippen MR) is 108 cm³/mol. The number of ether oxygens (including phenoxy) is 1. The topological polar surface area (TPSA) is 67.4 Å². The van der Waals surface area contributed by atoms with Gasteiger partial charge in [0.1, 0.15) is 12.4 Å². The lowest BCUT2D eigenvalue weighted by Crippen LogP contribution is -2.34. The quantitative estimate of drug-likeness (QED) is 0.564. The Morgan fingerprint density at radius 3 is 2.52 bits per heavy atom. The van der Waals surface area contributed by atoms with E-state index in [1.807, 2.05) is 17.5 Å². The molecule has 2 N–H and O–H groups in total. The molecule has 0 aliphatic carbocycles. The van der Waals surface area contributed by atoms with Gasteiger partial charge in [-0.2, -0.15) is 0 Å². The van der Waals surface area contributed by atoms with Crippen molar-refractivity contribution in [2.24, 2.45) is 0 Å². The molecular formula is C19H14Cl2N2O3S. The number of urea groups is 1. The molecule has 0 spiro atoms. The largest absolute Gasteiger partial charge is 0.487 e. The first kappa shape index (κ1) is 19.2. The second kappa shape index (κ2) is 8.90. The van der Waals surface area contributed by atoms with Gasteiger partial charge in [-0.15, -0.1) is 11.3 Å².